The van der Waals surface area contributed by atoms with Crippen LogP contribution in [0.3, 0.4) is 0 Å². The van der Waals surface area contributed by atoms with E-state index in [1.165, 1.54) is 0 Å². The predicted octanol–water partition coefficient (Wildman–Crippen LogP) is 0.486. The SMILES string of the molecule is O=C(O)CC[S+]1C(=O)CNc2cccnc21. The van der Waals surface area contributed by atoms with Gasteiger partial charge in [0, 0.05) is 6.20 Å². The molecule has 0 aliphatic carbocycles. The fraction of sp³-hybridized carbons (Fsp3) is 0.300. The smallest absolute Gasteiger partial charge is 0.357 e. The average Bonchev–Trinajstić information content (AvgIpc) is 2.27. The summed E-state index contributed by atoms with van der Waals surface area (Å²) in [5, 5.41) is 12.3. The minimum atomic E-state index is -0.878. The number of carbonyl (C=O) groups is 2. The number of aromatic nitrogens is 1. The van der Waals surface area contributed by atoms with Crippen molar-refractivity contribution >= 4 is 27.7 Å². The van der Waals surface area contributed by atoms with E-state index in [2.05, 4.69) is 10.3 Å². The summed E-state index contributed by atoms with van der Waals surface area (Å²) >= 11 is 0. The molecule has 2 rings (SSSR count). The van der Waals surface area contributed by atoms with E-state index in [9.17, 15) is 9.59 Å². The topological polar surface area (TPSA) is 79.3 Å². The lowest BCUT2D eigenvalue weighted by Gasteiger charge is -2.14. The van der Waals surface area contributed by atoms with E-state index in [1.54, 1.807) is 12.3 Å². The predicted molar refractivity (Wildman–Crippen MR) is 60.5 cm³/mol. The van der Waals surface area contributed by atoms with Crippen LogP contribution in [-0.4, -0.2) is 33.5 Å². The summed E-state index contributed by atoms with van der Waals surface area (Å²) in [4.78, 5) is 26.4. The maximum Gasteiger partial charge on any atom is 0.357 e. The van der Waals surface area contributed by atoms with Gasteiger partial charge in [0.05, 0.1) is 6.42 Å². The van der Waals surface area contributed by atoms with Crippen molar-refractivity contribution in [3.63, 3.8) is 0 Å². The molecule has 1 aliphatic heterocycles. The van der Waals surface area contributed by atoms with E-state index in [-0.39, 0.29) is 18.1 Å². The van der Waals surface area contributed by atoms with Crippen LogP contribution in [0.2, 0.25) is 0 Å². The Hall–Kier alpha value is -1.56. The van der Waals surface area contributed by atoms with Gasteiger partial charge in [-0.15, -0.1) is 0 Å². The van der Waals surface area contributed by atoms with Crippen LogP contribution in [0.5, 0.6) is 0 Å². The number of hydrogen-bond acceptors (Lipinski definition) is 4. The molecule has 0 aromatic carbocycles. The molecule has 1 unspecified atom stereocenters. The second-order valence-corrected chi connectivity index (χ2v) is 5.35. The van der Waals surface area contributed by atoms with E-state index in [0.29, 0.717) is 10.8 Å². The highest BCUT2D eigenvalue weighted by Gasteiger charge is 2.39. The highest BCUT2D eigenvalue weighted by molar-refractivity contribution is 8.11. The Bertz CT molecular complexity index is 436. The Kier molecular flexibility index (Phi) is 3.09. The van der Waals surface area contributed by atoms with Crippen LogP contribution in [-0.2, 0) is 20.5 Å². The van der Waals surface area contributed by atoms with Crippen molar-refractivity contribution in [3.8, 4) is 0 Å². The number of hydrogen-bond donors (Lipinski definition) is 2. The normalized spacial score (nSPS) is 18.8. The first-order valence-electron chi connectivity index (χ1n) is 4.83. The van der Waals surface area contributed by atoms with Crippen LogP contribution in [0, 0.1) is 0 Å². The third-order valence-corrected chi connectivity index (χ3v) is 4.32. The number of nitrogens with zero attached hydrogens (tertiary/aromatic N) is 1. The van der Waals surface area contributed by atoms with Crippen molar-refractivity contribution in [2.24, 2.45) is 0 Å². The first kappa shape index (κ1) is 10.9. The molecule has 0 saturated carbocycles. The van der Waals surface area contributed by atoms with Crippen LogP contribution in [0.1, 0.15) is 6.42 Å². The molecular formula is C10H11N2O3S+. The highest BCUT2D eigenvalue weighted by atomic mass is 32.2. The summed E-state index contributed by atoms with van der Waals surface area (Å²) in [6.07, 6.45) is 1.63. The van der Waals surface area contributed by atoms with Gasteiger partial charge in [-0.2, -0.15) is 0 Å². The van der Waals surface area contributed by atoms with E-state index >= 15 is 0 Å². The van der Waals surface area contributed by atoms with E-state index in [0.717, 1.165) is 5.69 Å². The second kappa shape index (κ2) is 4.52. The van der Waals surface area contributed by atoms with Crippen molar-refractivity contribution < 1.29 is 14.7 Å². The molecule has 5 nitrogen and oxygen atoms in total. The molecule has 1 aliphatic rings. The number of carbonyl (C=O) groups excluding carboxylic acids is 1. The fourth-order valence-corrected chi connectivity index (χ4v) is 3.34. The minimum absolute atomic E-state index is 0.00483. The number of rotatable bonds is 3. The van der Waals surface area contributed by atoms with Crippen molar-refractivity contribution in [2.75, 3.05) is 17.6 Å². The van der Waals surface area contributed by atoms with Gasteiger partial charge in [-0.3, -0.25) is 4.79 Å². The van der Waals surface area contributed by atoms with Crippen LogP contribution in [0.15, 0.2) is 23.4 Å². The van der Waals surface area contributed by atoms with Gasteiger partial charge in [-0.1, -0.05) is 0 Å². The summed E-state index contributed by atoms with van der Waals surface area (Å²) in [5.41, 5.74) is 0.843. The van der Waals surface area contributed by atoms with Crippen LogP contribution in [0.4, 0.5) is 5.69 Å². The molecule has 84 valence electrons. The number of carboxylic acids is 1. The molecule has 0 spiro atoms. The Morgan fingerprint density at radius 2 is 2.44 bits per heavy atom. The summed E-state index contributed by atoms with van der Waals surface area (Å²) in [6, 6.07) is 3.65. The van der Waals surface area contributed by atoms with Gasteiger partial charge >= 0.3 is 11.1 Å². The zero-order chi connectivity index (χ0) is 11.5. The number of anilines is 1. The molecule has 0 fully saturated rings. The fourth-order valence-electron chi connectivity index (χ4n) is 1.48. The second-order valence-electron chi connectivity index (χ2n) is 3.32. The number of fused-ring (bicyclic) bond motifs is 1. The van der Waals surface area contributed by atoms with Crippen molar-refractivity contribution in [1.82, 2.24) is 4.98 Å². The van der Waals surface area contributed by atoms with Crippen molar-refractivity contribution in [2.45, 2.75) is 11.4 Å². The van der Waals surface area contributed by atoms with E-state index in [1.807, 2.05) is 6.07 Å². The summed E-state index contributed by atoms with van der Waals surface area (Å²) in [7, 11) is -0.678. The van der Waals surface area contributed by atoms with Gasteiger partial charge in [0.15, 0.2) is 0 Å². The molecule has 1 aromatic heterocycles. The van der Waals surface area contributed by atoms with Gasteiger partial charge in [-0.25, -0.2) is 9.78 Å². The number of nitrogens with one attached hydrogen (secondary N) is 1. The van der Waals surface area contributed by atoms with Gasteiger partial charge in [0.1, 0.15) is 28.9 Å². The molecule has 1 atom stereocenters. The average molecular weight is 239 g/mol. The highest BCUT2D eigenvalue weighted by Crippen LogP contribution is 2.26. The Morgan fingerprint density at radius 3 is 3.19 bits per heavy atom. The van der Waals surface area contributed by atoms with Crippen molar-refractivity contribution in [3.05, 3.63) is 18.3 Å². The summed E-state index contributed by atoms with van der Waals surface area (Å²) in [5.74, 6) is -0.531. The Morgan fingerprint density at radius 1 is 1.62 bits per heavy atom. The first-order chi connectivity index (χ1) is 7.68. The van der Waals surface area contributed by atoms with Crippen LogP contribution in [0.25, 0.3) is 0 Å². The van der Waals surface area contributed by atoms with Gasteiger partial charge in [0.2, 0.25) is 0 Å². The molecule has 1 aromatic rings. The monoisotopic (exact) mass is 239 g/mol. The number of carboxylic acid groups (broad SMARTS) is 1. The standard InChI is InChI=1S/C10H10N2O3S/c13-8(14)3-5-16-9(15)6-12-7-2-1-4-11-10(7)16/h1-2,4,12H,3,5-6H2/p+1. The molecule has 0 radical (unpaired) electrons. The summed E-state index contributed by atoms with van der Waals surface area (Å²) in [6.45, 7) is 0.265. The minimum Gasteiger partial charge on any atom is -0.481 e. The Balaban J connectivity index is 2.23. The lowest BCUT2D eigenvalue weighted by atomic mass is 10.4. The summed E-state index contributed by atoms with van der Waals surface area (Å²) < 4.78 is 0. The Labute approximate surface area is 95.2 Å². The molecule has 16 heavy (non-hydrogen) atoms. The molecular weight excluding hydrogens is 228 g/mol. The van der Waals surface area contributed by atoms with E-state index in [4.69, 9.17) is 5.11 Å². The molecule has 0 amide bonds. The van der Waals surface area contributed by atoms with Gasteiger partial charge < -0.3 is 10.4 Å². The zero-order valence-electron chi connectivity index (χ0n) is 8.47. The molecule has 0 saturated heterocycles. The third-order valence-electron chi connectivity index (χ3n) is 2.22. The lowest BCUT2D eigenvalue weighted by Crippen LogP contribution is -2.33. The van der Waals surface area contributed by atoms with Crippen molar-refractivity contribution in [1.29, 1.82) is 0 Å². The first-order valence-corrected chi connectivity index (χ1v) is 6.22. The third kappa shape index (κ3) is 2.16. The molecule has 6 heteroatoms. The number of aliphatic carboxylic acids is 1. The van der Waals surface area contributed by atoms with Gasteiger partial charge in [-0.05, 0) is 12.1 Å². The largest absolute Gasteiger partial charge is 0.481 e. The lowest BCUT2D eigenvalue weighted by molar-refractivity contribution is -0.136. The molecule has 0 bridgehead atoms. The molecule has 2 N–H and O–H groups in total. The quantitative estimate of drug-likeness (QED) is 0.750. The van der Waals surface area contributed by atoms with E-state index < -0.39 is 16.9 Å². The van der Waals surface area contributed by atoms with Gasteiger partial charge in [0.25, 0.3) is 5.03 Å². The molecule has 2 heterocycles. The van der Waals surface area contributed by atoms with Crippen LogP contribution < -0.4 is 5.32 Å². The van der Waals surface area contributed by atoms with Crippen LogP contribution >= 0.6 is 0 Å². The maximum absolute atomic E-state index is 11.7. The zero-order valence-corrected chi connectivity index (χ0v) is 9.29. The maximum atomic E-state index is 11.7. The number of pyridine rings is 1.